The van der Waals surface area contributed by atoms with E-state index in [0.717, 1.165) is 44.3 Å². The minimum atomic E-state index is -3.02. The number of benzene rings is 5. The monoisotopic (exact) mass is 919 g/mol. The molecule has 0 aliphatic carbocycles. The Morgan fingerprint density at radius 3 is 1.16 bits per heavy atom. The van der Waals surface area contributed by atoms with Crippen LogP contribution in [-0.2, 0) is 22.9 Å². The molecule has 8 aromatic rings. The fourth-order valence-electron chi connectivity index (χ4n) is 12.7. The number of hydrogen-bond acceptors (Lipinski definition) is 8. The average molecular weight is 919 g/mol. The highest BCUT2D eigenvalue weighted by Gasteiger charge is 2.64. The fraction of sp³-hybridized carbons (Fsp3) is 0.111. The van der Waals surface area contributed by atoms with Crippen LogP contribution in [0.5, 0.6) is 0 Å². The van der Waals surface area contributed by atoms with Crippen molar-refractivity contribution in [2.45, 2.75) is 41.5 Å². The summed E-state index contributed by atoms with van der Waals surface area (Å²) in [6.07, 6.45) is 5.52. The number of nitrogens with zero attached hydrogens (tertiary/aromatic N) is 3. The summed E-state index contributed by atoms with van der Waals surface area (Å²) < 4.78 is 43.1. The van der Waals surface area contributed by atoms with E-state index in [4.69, 9.17) is 22.9 Å². The molecule has 12 rings (SSSR count). The van der Waals surface area contributed by atoms with Gasteiger partial charge in [-0.2, -0.15) is 0 Å². The molecule has 4 aliphatic heterocycles. The largest absolute Gasteiger partial charge is 0.556 e. The molecule has 4 aliphatic rings. The molecule has 11 nitrogen and oxygen atoms in total. The molecule has 5 aromatic carbocycles. The van der Waals surface area contributed by atoms with Gasteiger partial charge in [-0.15, -0.1) is 0 Å². The van der Waals surface area contributed by atoms with Gasteiger partial charge in [0.15, 0.2) is 0 Å². The number of carbonyl (C=O) groups excluding carboxylic acids is 3. The molecule has 0 radical (unpaired) electrons. The van der Waals surface area contributed by atoms with Gasteiger partial charge in [0.25, 0.3) is 0 Å². The molecule has 1 unspecified atom stereocenters. The van der Waals surface area contributed by atoms with Crippen molar-refractivity contribution < 1.29 is 50.7 Å². The third kappa shape index (κ3) is 6.20. The van der Waals surface area contributed by atoms with E-state index in [1.54, 1.807) is 28.9 Å². The summed E-state index contributed by atoms with van der Waals surface area (Å²) >= 11 is 0. The lowest BCUT2D eigenvalue weighted by atomic mass is 9.36. The first-order valence-electron chi connectivity index (χ1n) is 23.8. The normalized spacial score (nSPS) is 20.9. The number of aryl methyl sites for hydroxylation is 6. The van der Waals surface area contributed by atoms with E-state index in [1.165, 1.54) is 0 Å². The smallest absolute Gasteiger partial charge is 0.544 e. The first-order chi connectivity index (χ1) is 33.9. The number of hydrogen-bond donors (Lipinski definition) is 0. The lowest BCUT2D eigenvalue weighted by molar-refractivity contribution is -0.573. The molecular weight excluding hydrogens is 873 g/mol. The zero-order valence-corrected chi connectivity index (χ0v) is 39.7. The maximum atomic E-state index is 14.6. The fourth-order valence-corrected chi connectivity index (χ4v) is 12.7. The van der Waals surface area contributed by atoms with E-state index in [1.807, 2.05) is 131 Å². The van der Waals surface area contributed by atoms with Gasteiger partial charge in [0.1, 0.15) is 18.6 Å². The Balaban J connectivity index is 1.15. The van der Waals surface area contributed by atoms with Gasteiger partial charge in [0.05, 0.1) is 0 Å². The summed E-state index contributed by atoms with van der Waals surface area (Å²) in [4.78, 5) is 43.8. The molecule has 16 heteroatoms. The predicted molar refractivity (Wildman–Crippen MR) is 269 cm³/mol. The van der Waals surface area contributed by atoms with Crippen molar-refractivity contribution in [2.24, 2.45) is 0 Å². The Labute approximate surface area is 406 Å². The molecule has 0 amide bonds. The second-order valence-corrected chi connectivity index (χ2v) is 19.3. The summed E-state index contributed by atoms with van der Waals surface area (Å²) in [6.45, 7) is 3.93. The van der Waals surface area contributed by atoms with Crippen molar-refractivity contribution in [3.63, 3.8) is 0 Å². The van der Waals surface area contributed by atoms with Crippen LogP contribution in [-0.4, -0.2) is 51.6 Å². The number of carbonyl (C=O) groups is 3. The number of rotatable bonds is 6. The minimum absolute atomic E-state index is 0.158. The van der Waals surface area contributed by atoms with E-state index in [2.05, 4.69) is 65.8 Å². The van der Waals surface area contributed by atoms with Gasteiger partial charge < -0.3 is 36.3 Å². The molecule has 340 valence electrons. The maximum absolute atomic E-state index is 14.6. The molecule has 70 heavy (non-hydrogen) atoms. The van der Waals surface area contributed by atoms with E-state index < -0.39 is 34.3 Å². The first kappa shape index (κ1) is 43.9. The molecule has 7 heterocycles. The SMILES string of the molecule is Cc1cc(C)c([B@-]2(OB3OB(O[B@-]4(c5c(C)cc(C)cc5C)c5ccccc5C(=O)c5cccc[n+]54)O[B-]4(O3)c3ccccc3C(=O)c3cccc[n+]34)c3ccccc3C(=O)c3cccc[n+]32)c(C)c1. The molecule has 0 N–H and O–H groups in total. The zero-order chi connectivity index (χ0) is 48.3. The zero-order valence-electron chi connectivity index (χ0n) is 39.7. The van der Waals surface area contributed by atoms with E-state index in [0.29, 0.717) is 50.2 Å². The van der Waals surface area contributed by atoms with Crippen LogP contribution in [0.3, 0.4) is 0 Å². The van der Waals surface area contributed by atoms with Crippen molar-refractivity contribution in [3.8, 4) is 0 Å². The minimum Gasteiger partial charge on any atom is -0.544 e. The Hall–Kier alpha value is -7.32. The van der Waals surface area contributed by atoms with Gasteiger partial charge in [-0.25, -0.2) is 0 Å². The average Bonchev–Trinajstić information content (AvgIpc) is 3.36. The van der Waals surface area contributed by atoms with Crippen LogP contribution < -0.4 is 40.7 Å². The number of pyridine rings is 3. The Kier molecular flexibility index (Phi) is 10.1. The highest BCUT2D eigenvalue weighted by Crippen LogP contribution is 2.30. The Bertz CT molecular complexity index is 3210. The van der Waals surface area contributed by atoms with Crippen LogP contribution >= 0.6 is 0 Å². The van der Waals surface area contributed by atoms with Crippen LogP contribution in [0.15, 0.2) is 170 Å². The van der Waals surface area contributed by atoms with Gasteiger partial charge in [0.2, 0.25) is 34.4 Å². The van der Waals surface area contributed by atoms with Crippen molar-refractivity contribution >= 4 is 79.0 Å². The summed E-state index contributed by atoms with van der Waals surface area (Å²) in [5, 5.41) is 0. The maximum Gasteiger partial charge on any atom is 0.556 e. The van der Waals surface area contributed by atoms with Gasteiger partial charge in [-0.05, 0) is 77.9 Å². The molecule has 3 atom stereocenters. The Morgan fingerprint density at radius 1 is 0.414 bits per heavy atom. The molecule has 1 fully saturated rings. The van der Waals surface area contributed by atoms with E-state index >= 15 is 0 Å². The van der Waals surface area contributed by atoms with Crippen molar-refractivity contribution in [3.05, 3.63) is 237 Å². The van der Waals surface area contributed by atoms with Gasteiger partial charge in [0, 0.05) is 34.9 Å². The summed E-state index contributed by atoms with van der Waals surface area (Å²) in [5.74, 6) is -0.535. The molecule has 0 bridgehead atoms. The molecular formula is C54H46B5N3O8. The highest BCUT2D eigenvalue weighted by molar-refractivity contribution is 6.99. The number of fused-ring (bicyclic) bond motifs is 8. The first-order valence-corrected chi connectivity index (χ1v) is 23.8. The van der Waals surface area contributed by atoms with E-state index in [9.17, 15) is 14.4 Å². The second kappa shape index (κ2) is 16.1. The van der Waals surface area contributed by atoms with Gasteiger partial charge in [-0.3, -0.25) is 14.4 Å². The Morgan fingerprint density at radius 2 is 0.743 bits per heavy atom. The van der Waals surface area contributed by atoms with Crippen molar-refractivity contribution in [1.29, 1.82) is 0 Å². The van der Waals surface area contributed by atoms with Crippen LogP contribution in [0, 0.1) is 41.5 Å². The molecule has 0 saturated carbocycles. The third-order valence-corrected chi connectivity index (χ3v) is 15.1. The van der Waals surface area contributed by atoms with Crippen LogP contribution in [0.25, 0.3) is 0 Å². The topological polar surface area (TPSA) is 109 Å². The van der Waals surface area contributed by atoms with Gasteiger partial charge >= 0.3 is 34.3 Å². The third-order valence-electron chi connectivity index (χ3n) is 15.1. The van der Waals surface area contributed by atoms with Crippen molar-refractivity contribution in [2.75, 3.05) is 0 Å². The highest BCUT2D eigenvalue weighted by atomic mass is 16.8. The van der Waals surface area contributed by atoms with Crippen LogP contribution in [0.2, 0.25) is 0 Å². The predicted octanol–water partition coefficient (Wildman–Crippen LogP) is 3.40. The lowest BCUT2D eigenvalue weighted by Gasteiger charge is -2.52. The summed E-state index contributed by atoms with van der Waals surface area (Å²) in [6, 6.07) is 47.2. The molecule has 1 spiro atoms. The number of aromatic nitrogens is 3. The lowest BCUT2D eigenvalue weighted by Crippen LogP contribution is -2.90. The summed E-state index contributed by atoms with van der Waals surface area (Å²) in [5.41, 5.74) is 11.7. The second-order valence-electron chi connectivity index (χ2n) is 19.3. The molecule has 1 saturated heterocycles. The van der Waals surface area contributed by atoms with Gasteiger partial charge in [-0.1, -0.05) is 158 Å². The van der Waals surface area contributed by atoms with Crippen molar-refractivity contribution in [1.82, 2.24) is 0 Å². The molecule has 3 aromatic heterocycles. The quantitative estimate of drug-likeness (QED) is 0.234. The summed E-state index contributed by atoms with van der Waals surface area (Å²) in [7, 11) is -3.26. The standard InChI is InChI=1S/C54H46B5N3O8/c1-35-31-37(3)50(38(4)32-35)57(44-22-10-7-19-41(44)52(63)47-25-13-16-28-60(47)57)67-55-66-56(70-59(69-55)46-24-12-9-21-43(46)54(65)49-27-15-18-30-62(49)59)68-58(51-39(5)33-36(2)34-40(51)6)45-23-11-8-20-42(45)53(64)48-26-14-17-29-61(48)58/h7-34H,1-6H3/t57-,58+,59?. The van der Waals surface area contributed by atoms with E-state index in [-0.39, 0.29) is 17.3 Å². The van der Waals surface area contributed by atoms with Crippen LogP contribution in [0.4, 0.5) is 0 Å². The number of ketones is 3. The van der Waals surface area contributed by atoms with Crippen LogP contribution in [0.1, 0.15) is 81.5 Å².